The minimum Gasteiger partial charge on any atom is -0.490 e. The summed E-state index contributed by atoms with van der Waals surface area (Å²) >= 11 is 7.80. The molecule has 7 heteroatoms. The van der Waals surface area contributed by atoms with Crippen molar-refractivity contribution in [1.29, 1.82) is 0 Å². The molecule has 1 saturated heterocycles. The van der Waals surface area contributed by atoms with Gasteiger partial charge in [-0.1, -0.05) is 30.7 Å². The van der Waals surface area contributed by atoms with Gasteiger partial charge in [-0.15, -0.1) is 21.5 Å². The van der Waals surface area contributed by atoms with Crippen LogP contribution in [0.4, 0.5) is 0 Å². The number of thiophene rings is 1. The van der Waals surface area contributed by atoms with Crippen molar-refractivity contribution in [3.63, 3.8) is 0 Å². The van der Waals surface area contributed by atoms with Crippen LogP contribution in [-0.2, 0) is 19.4 Å². The fourth-order valence-corrected chi connectivity index (χ4v) is 6.17. The Hall–Kier alpha value is -1.89. The number of ether oxygens (including phenoxy) is 1. The van der Waals surface area contributed by atoms with Gasteiger partial charge >= 0.3 is 0 Å². The monoisotopic (exact) mass is 456 g/mol. The van der Waals surface area contributed by atoms with Crippen molar-refractivity contribution >= 4 is 22.9 Å². The van der Waals surface area contributed by atoms with Crippen LogP contribution in [0.1, 0.15) is 47.5 Å². The maximum atomic E-state index is 6.18. The van der Waals surface area contributed by atoms with E-state index in [1.165, 1.54) is 16.0 Å². The highest BCUT2D eigenvalue weighted by Gasteiger charge is 2.30. The summed E-state index contributed by atoms with van der Waals surface area (Å²) in [6, 6.07) is 8.22. The van der Waals surface area contributed by atoms with Crippen molar-refractivity contribution in [2.24, 2.45) is 0 Å². The van der Waals surface area contributed by atoms with Gasteiger partial charge in [-0.2, -0.15) is 0 Å². The van der Waals surface area contributed by atoms with Crippen molar-refractivity contribution in [1.82, 2.24) is 19.7 Å². The summed E-state index contributed by atoms with van der Waals surface area (Å²) < 4.78 is 8.51. The minimum atomic E-state index is 0.473. The summed E-state index contributed by atoms with van der Waals surface area (Å²) in [5.74, 6) is 3.66. The van der Waals surface area contributed by atoms with E-state index in [4.69, 9.17) is 16.3 Å². The molecular formula is C24H29ClN4OS. The number of hydrogen-bond donors (Lipinski definition) is 0. The Balaban J connectivity index is 1.26. The van der Waals surface area contributed by atoms with E-state index in [9.17, 15) is 0 Å². The van der Waals surface area contributed by atoms with E-state index < -0.39 is 0 Å². The molecule has 3 aromatic rings. The van der Waals surface area contributed by atoms with Crippen LogP contribution in [0, 0.1) is 6.92 Å². The standard InChI is InChI=1S/C24H29ClN4OS/c1-3-20-16(2)31-22-21(20)30-15-14-29-23(26-27-24(22)29)18-9-12-28(13-10-18)11-8-17-4-6-19(25)7-5-17/h4-7,18H,3,8-15H2,1-2H3. The first-order valence-corrected chi connectivity index (χ1v) is 12.5. The third-order valence-corrected chi connectivity index (χ3v) is 8.02. The maximum Gasteiger partial charge on any atom is 0.178 e. The van der Waals surface area contributed by atoms with Crippen molar-refractivity contribution in [3.8, 4) is 16.5 Å². The Morgan fingerprint density at radius 2 is 1.90 bits per heavy atom. The van der Waals surface area contributed by atoms with E-state index in [0.29, 0.717) is 12.5 Å². The summed E-state index contributed by atoms with van der Waals surface area (Å²) in [6.07, 6.45) is 4.33. The third kappa shape index (κ3) is 4.13. The van der Waals surface area contributed by atoms with Crippen molar-refractivity contribution in [2.45, 2.75) is 52.0 Å². The first kappa shape index (κ1) is 21.0. The SMILES string of the molecule is CCc1c(C)sc2c1OCCn1c-2nnc1C1CCN(CCc2ccc(Cl)cc2)CC1. The number of aryl methyl sites for hydroxylation is 1. The predicted octanol–water partition coefficient (Wildman–Crippen LogP) is 5.35. The minimum absolute atomic E-state index is 0.473. The molecule has 2 aliphatic rings. The molecule has 0 bridgehead atoms. The molecule has 2 aliphatic heterocycles. The zero-order valence-corrected chi connectivity index (χ0v) is 19.8. The lowest BCUT2D eigenvalue weighted by Gasteiger charge is -2.31. The van der Waals surface area contributed by atoms with Crippen LogP contribution in [0.5, 0.6) is 5.75 Å². The van der Waals surface area contributed by atoms with Gasteiger partial charge in [0, 0.05) is 27.9 Å². The lowest BCUT2D eigenvalue weighted by Crippen LogP contribution is -2.35. The zero-order chi connectivity index (χ0) is 21.4. The molecule has 0 atom stereocenters. The number of halogens is 1. The summed E-state index contributed by atoms with van der Waals surface area (Å²) in [5.41, 5.74) is 2.68. The van der Waals surface area contributed by atoms with E-state index in [0.717, 1.165) is 79.2 Å². The van der Waals surface area contributed by atoms with Gasteiger partial charge in [0.1, 0.15) is 23.1 Å². The van der Waals surface area contributed by atoms with E-state index in [2.05, 4.69) is 45.6 Å². The molecule has 0 saturated carbocycles. The average Bonchev–Trinajstić information content (AvgIpc) is 3.29. The number of benzene rings is 1. The van der Waals surface area contributed by atoms with Crippen molar-refractivity contribution < 1.29 is 4.74 Å². The molecule has 1 aromatic carbocycles. The highest BCUT2D eigenvalue weighted by molar-refractivity contribution is 7.16. The van der Waals surface area contributed by atoms with Gasteiger partial charge in [0.05, 0.1) is 6.54 Å². The Bertz CT molecular complexity index is 1050. The summed E-state index contributed by atoms with van der Waals surface area (Å²) in [4.78, 5) is 5.06. The lowest BCUT2D eigenvalue weighted by molar-refractivity contribution is 0.208. The average molecular weight is 457 g/mol. The highest BCUT2D eigenvalue weighted by Crippen LogP contribution is 2.44. The van der Waals surface area contributed by atoms with E-state index in [1.54, 1.807) is 11.3 Å². The molecule has 164 valence electrons. The van der Waals surface area contributed by atoms with Gasteiger partial charge in [-0.3, -0.25) is 0 Å². The van der Waals surface area contributed by atoms with Gasteiger partial charge in [0.25, 0.3) is 0 Å². The summed E-state index contributed by atoms with van der Waals surface area (Å²) in [7, 11) is 0. The molecule has 0 aliphatic carbocycles. The summed E-state index contributed by atoms with van der Waals surface area (Å²) in [6.45, 7) is 9.22. The van der Waals surface area contributed by atoms with Crippen LogP contribution in [0.15, 0.2) is 24.3 Å². The first-order chi connectivity index (χ1) is 15.1. The van der Waals surface area contributed by atoms with Crippen LogP contribution in [0.3, 0.4) is 0 Å². The molecule has 5 rings (SSSR count). The van der Waals surface area contributed by atoms with Crippen LogP contribution >= 0.6 is 22.9 Å². The second kappa shape index (κ2) is 8.93. The van der Waals surface area contributed by atoms with E-state index in [1.807, 2.05) is 12.1 Å². The van der Waals surface area contributed by atoms with Crippen LogP contribution in [-0.4, -0.2) is 45.9 Å². The maximum absolute atomic E-state index is 6.18. The lowest BCUT2D eigenvalue weighted by atomic mass is 9.95. The smallest absolute Gasteiger partial charge is 0.178 e. The van der Waals surface area contributed by atoms with E-state index in [-0.39, 0.29) is 0 Å². The molecule has 0 amide bonds. The second-order valence-electron chi connectivity index (χ2n) is 8.52. The Morgan fingerprint density at radius 1 is 1.13 bits per heavy atom. The van der Waals surface area contributed by atoms with Gasteiger partial charge in [-0.05, 0) is 63.4 Å². The molecule has 5 nitrogen and oxygen atoms in total. The summed E-state index contributed by atoms with van der Waals surface area (Å²) in [5, 5.41) is 10.1. The normalized spacial score (nSPS) is 17.1. The molecule has 4 heterocycles. The van der Waals surface area contributed by atoms with Gasteiger partial charge in [-0.25, -0.2) is 0 Å². The highest BCUT2D eigenvalue weighted by atomic mass is 35.5. The molecular weight excluding hydrogens is 428 g/mol. The fourth-order valence-electron chi connectivity index (χ4n) is 4.86. The quantitative estimate of drug-likeness (QED) is 0.519. The number of nitrogens with zero attached hydrogens (tertiary/aromatic N) is 4. The number of aromatic nitrogens is 3. The van der Waals surface area contributed by atoms with Crippen LogP contribution in [0.25, 0.3) is 10.7 Å². The molecule has 0 unspecified atom stereocenters. The molecule has 2 aromatic heterocycles. The molecule has 31 heavy (non-hydrogen) atoms. The third-order valence-electron chi connectivity index (χ3n) is 6.64. The molecule has 0 N–H and O–H groups in total. The number of rotatable bonds is 5. The van der Waals surface area contributed by atoms with Crippen LogP contribution < -0.4 is 4.74 Å². The zero-order valence-electron chi connectivity index (χ0n) is 18.2. The fraction of sp³-hybridized carbons (Fsp3) is 0.500. The Labute approximate surface area is 193 Å². The van der Waals surface area contributed by atoms with Crippen LogP contribution in [0.2, 0.25) is 5.02 Å². The molecule has 1 fully saturated rings. The number of fused-ring (bicyclic) bond motifs is 3. The Kier molecular flexibility index (Phi) is 6.04. The number of likely N-dealkylation sites (tertiary alicyclic amines) is 1. The number of piperidine rings is 1. The second-order valence-corrected chi connectivity index (χ2v) is 10.2. The van der Waals surface area contributed by atoms with Gasteiger partial charge in [0.2, 0.25) is 0 Å². The topological polar surface area (TPSA) is 43.2 Å². The molecule has 0 radical (unpaired) electrons. The van der Waals surface area contributed by atoms with Crippen molar-refractivity contribution in [3.05, 3.63) is 51.1 Å². The first-order valence-electron chi connectivity index (χ1n) is 11.3. The van der Waals surface area contributed by atoms with E-state index >= 15 is 0 Å². The Morgan fingerprint density at radius 3 is 2.65 bits per heavy atom. The largest absolute Gasteiger partial charge is 0.490 e. The van der Waals surface area contributed by atoms with Gasteiger partial charge in [0.15, 0.2) is 5.82 Å². The molecule has 0 spiro atoms. The van der Waals surface area contributed by atoms with Crippen molar-refractivity contribution in [2.75, 3.05) is 26.2 Å². The number of hydrogen-bond acceptors (Lipinski definition) is 5. The predicted molar refractivity (Wildman–Crippen MR) is 127 cm³/mol. The van der Waals surface area contributed by atoms with Gasteiger partial charge < -0.3 is 14.2 Å².